The molecule has 0 bridgehead atoms. The lowest BCUT2D eigenvalue weighted by molar-refractivity contribution is 0.0934. The van der Waals surface area contributed by atoms with Crippen LogP contribution >= 0.6 is 23.2 Å². The highest BCUT2D eigenvalue weighted by Gasteiger charge is 2.20. The molecule has 2 aromatic rings. The number of hydrogen-bond donors (Lipinski definition) is 1. The summed E-state index contributed by atoms with van der Waals surface area (Å²) in [6.45, 7) is 6.25. The summed E-state index contributed by atoms with van der Waals surface area (Å²) in [6, 6.07) is 12.3. The molecular weight excluding hydrogens is 362 g/mol. The second kappa shape index (κ2) is 9.18. The Morgan fingerprint density at radius 1 is 1.12 bits per heavy atom. The van der Waals surface area contributed by atoms with Crippen molar-refractivity contribution in [2.75, 3.05) is 19.6 Å². The summed E-state index contributed by atoms with van der Waals surface area (Å²) in [6.07, 6.45) is 0. The van der Waals surface area contributed by atoms with Gasteiger partial charge in [-0.1, -0.05) is 67.4 Å². The van der Waals surface area contributed by atoms with E-state index < -0.39 is 11.7 Å². The molecular formula is C19H21Cl2FN2O. The van der Waals surface area contributed by atoms with Crippen molar-refractivity contribution in [3.63, 3.8) is 0 Å². The number of nitrogens with one attached hydrogen (secondary N) is 1. The first-order valence-electron chi connectivity index (χ1n) is 8.19. The zero-order valence-corrected chi connectivity index (χ0v) is 15.7. The lowest BCUT2D eigenvalue weighted by Crippen LogP contribution is -2.38. The average molecular weight is 383 g/mol. The fraction of sp³-hybridized carbons (Fsp3) is 0.316. The molecule has 0 fully saturated rings. The van der Waals surface area contributed by atoms with Crippen LogP contribution in [-0.2, 0) is 0 Å². The number of halogens is 3. The van der Waals surface area contributed by atoms with Gasteiger partial charge in [0.05, 0.1) is 21.7 Å². The molecule has 134 valence electrons. The monoisotopic (exact) mass is 382 g/mol. The van der Waals surface area contributed by atoms with Gasteiger partial charge < -0.3 is 5.32 Å². The van der Waals surface area contributed by atoms with Crippen molar-refractivity contribution in [1.82, 2.24) is 10.2 Å². The predicted octanol–water partition coefficient (Wildman–Crippen LogP) is 4.95. The molecule has 0 spiro atoms. The van der Waals surface area contributed by atoms with Crippen LogP contribution in [0.15, 0.2) is 42.5 Å². The standard InChI is InChI=1S/C19H21Cl2FN2O/c1-3-24(4-2)18(13-8-6-5-7-9-13)12-23-19(25)14-10-17(22)16(21)11-15(14)20/h5-11,18H,3-4,12H2,1-2H3,(H,23,25). The fourth-order valence-electron chi connectivity index (χ4n) is 2.78. The van der Waals surface area contributed by atoms with Gasteiger partial charge in [0.2, 0.25) is 0 Å². The van der Waals surface area contributed by atoms with Gasteiger partial charge in [0.1, 0.15) is 5.82 Å². The van der Waals surface area contributed by atoms with Gasteiger partial charge in [0.15, 0.2) is 0 Å². The molecule has 1 amide bonds. The molecule has 2 rings (SSSR count). The Bertz CT molecular complexity index is 721. The number of rotatable bonds is 7. The smallest absolute Gasteiger partial charge is 0.252 e. The Labute approximate surface area is 157 Å². The summed E-state index contributed by atoms with van der Waals surface area (Å²) in [4.78, 5) is 14.7. The molecule has 0 aliphatic carbocycles. The van der Waals surface area contributed by atoms with Crippen LogP contribution in [0.2, 0.25) is 10.0 Å². The van der Waals surface area contributed by atoms with Crippen LogP contribution < -0.4 is 5.32 Å². The summed E-state index contributed by atoms with van der Waals surface area (Å²) in [5.41, 5.74) is 1.19. The SMILES string of the molecule is CCN(CC)C(CNC(=O)c1cc(F)c(Cl)cc1Cl)c1ccccc1. The second-order valence-electron chi connectivity index (χ2n) is 5.60. The van der Waals surface area contributed by atoms with E-state index in [9.17, 15) is 9.18 Å². The maximum atomic E-state index is 13.6. The zero-order valence-electron chi connectivity index (χ0n) is 14.2. The molecule has 2 aromatic carbocycles. The van der Waals surface area contributed by atoms with E-state index in [-0.39, 0.29) is 21.7 Å². The van der Waals surface area contributed by atoms with Gasteiger partial charge in [-0.3, -0.25) is 9.69 Å². The fourth-order valence-corrected chi connectivity index (χ4v) is 3.25. The van der Waals surface area contributed by atoms with Gasteiger partial charge in [-0.25, -0.2) is 4.39 Å². The topological polar surface area (TPSA) is 32.3 Å². The molecule has 1 unspecified atom stereocenters. The van der Waals surface area contributed by atoms with Gasteiger partial charge in [-0.05, 0) is 30.8 Å². The van der Waals surface area contributed by atoms with E-state index in [2.05, 4.69) is 24.1 Å². The maximum Gasteiger partial charge on any atom is 0.252 e. The summed E-state index contributed by atoms with van der Waals surface area (Å²) >= 11 is 11.7. The van der Waals surface area contributed by atoms with E-state index in [1.165, 1.54) is 6.07 Å². The molecule has 0 saturated heterocycles. The number of amides is 1. The van der Waals surface area contributed by atoms with Crippen LogP contribution in [0.1, 0.15) is 35.8 Å². The highest BCUT2D eigenvalue weighted by molar-refractivity contribution is 6.36. The van der Waals surface area contributed by atoms with Crippen LogP contribution in [0.25, 0.3) is 0 Å². The summed E-state index contributed by atoms with van der Waals surface area (Å²) in [5, 5.41) is 2.88. The number of benzene rings is 2. The van der Waals surface area contributed by atoms with E-state index in [0.717, 1.165) is 24.7 Å². The molecule has 1 atom stereocenters. The third-order valence-electron chi connectivity index (χ3n) is 4.15. The summed E-state index contributed by atoms with van der Waals surface area (Å²) < 4.78 is 13.6. The summed E-state index contributed by atoms with van der Waals surface area (Å²) in [5.74, 6) is -1.09. The first-order valence-corrected chi connectivity index (χ1v) is 8.95. The molecule has 0 aliphatic heterocycles. The molecule has 0 saturated carbocycles. The van der Waals surface area contributed by atoms with Crippen molar-refractivity contribution in [3.05, 3.63) is 69.5 Å². The van der Waals surface area contributed by atoms with Crippen molar-refractivity contribution in [2.45, 2.75) is 19.9 Å². The number of nitrogens with zero attached hydrogens (tertiary/aromatic N) is 1. The first kappa shape index (κ1) is 19.7. The number of likely N-dealkylation sites (N-methyl/N-ethyl adjacent to an activating group) is 1. The van der Waals surface area contributed by atoms with Gasteiger partial charge >= 0.3 is 0 Å². The third-order valence-corrected chi connectivity index (χ3v) is 4.75. The summed E-state index contributed by atoms with van der Waals surface area (Å²) in [7, 11) is 0. The highest BCUT2D eigenvalue weighted by atomic mass is 35.5. The quantitative estimate of drug-likeness (QED) is 0.687. The van der Waals surface area contributed by atoms with Crippen LogP contribution in [0.4, 0.5) is 4.39 Å². The molecule has 6 heteroatoms. The minimum absolute atomic E-state index is 0.0241. The van der Waals surface area contributed by atoms with Gasteiger partial charge in [0, 0.05) is 6.54 Å². The Morgan fingerprint density at radius 3 is 2.36 bits per heavy atom. The minimum atomic E-state index is -0.667. The second-order valence-corrected chi connectivity index (χ2v) is 6.42. The van der Waals surface area contributed by atoms with Crippen LogP contribution in [0.5, 0.6) is 0 Å². The van der Waals surface area contributed by atoms with E-state index in [0.29, 0.717) is 6.54 Å². The molecule has 3 nitrogen and oxygen atoms in total. The van der Waals surface area contributed by atoms with Crippen LogP contribution in [0, 0.1) is 5.82 Å². The maximum absolute atomic E-state index is 13.6. The molecule has 1 N–H and O–H groups in total. The number of carbonyl (C=O) groups is 1. The number of hydrogen-bond acceptors (Lipinski definition) is 2. The Kier molecular flexibility index (Phi) is 7.24. The van der Waals surface area contributed by atoms with Gasteiger partial charge in [-0.15, -0.1) is 0 Å². The van der Waals surface area contributed by atoms with Gasteiger partial charge in [0.25, 0.3) is 5.91 Å². The Hall–Kier alpha value is -1.62. The van der Waals surface area contributed by atoms with Crippen molar-refractivity contribution in [2.24, 2.45) is 0 Å². The van der Waals surface area contributed by atoms with E-state index in [1.54, 1.807) is 0 Å². The Morgan fingerprint density at radius 2 is 1.76 bits per heavy atom. The lowest BCUT2D eigenvalue weighted by atomic mass is 10.0. The molecule has 0 aromatic heterocycles. The highest BCUT2D eigenvalue weighted by Crippen LogP contribution is 2.25. The van der Waals surface area contributed by atoms with Crippen molar-refractivity contribution < 1.29 is 9.18 Å². The van der Waals surface area contributed by atoms with E-state index in [1.807, 2.05) is 30.3 Å². The average Bonchev–Trinajstić information content (AvgIpc) is 2.62. The van der Waals surface area contributed by atoms with Crippen LogP contribution in [-0.4, -0.2) is 30.4 Å². The number of carbonyl (C=O) groups excluding carboxylic acids is 1. The largest absolute Gasteiger partial charge is 0.350 e. The van der Waals surface area contributed by atoms with E-state index >= 15 is 0 Å². The van der Waals surface area contributed by atoms with Crippen molar-refractivity contribution in [1.29, 1.82) is 0 Å². The molecule has 0 radical (unpaired) electrons. The third kappa shape index (κ3) is 4.94. The molecule has 0 heterocycles. The van der Waals surface area contributed by atoms with E-state index in [4.69, 9.17) is 23.2 Å². The molecule has 0 aliphatic rings. The van der Waals surface area contributed by atoms with Crippen molar-refractivity contribution in [3.8, 4) is 0 Å². The normalized spacial score (nSPS) is 12.2. The predicted molar refractivity (Wildman–Crippen MR) is 101 cm³/mol. The zero-order chi connectivity index (χ0) is 18.4. The lowest BCUT2D eigenvalue weighted by Gasteiger charge is -2.30. The minimum Gasteiger partial charge on any atom is -0.350 e. The first-order chi connectivity index (χ1) is 12.0. The molecule has 25 heavy (non-hydrogen) atoms. The van der Waals surface area contributed by atoms with Gasteiger partial charge in [-0.2, -0.15) is 0 Å². The Balaban J connectivity index is 2.18. The van der Waals surface area contributed by atoms with Crippen molar-refractivity contribution >= 4 is 29.1 Å². The van der Waals surface area contributed by atoms with Crippen LogP contribution in [0.3, 0.4) is 0 Å².